The molecule has 0 saturated carbocycles. The number of nitrogens with one attached hydrogen (secondary N) is 1. The zero-order valence-corrected chi connectivity index (χ0v) is 10.6. The fraction of sp³-hybridized carbons (Fsp3) is 0.400. The Morgan fingerprint density at radius 1 is 1.47 bits per heavy atom. The number of hydrogen-bond acceptors (Lipinski definition) is 6. The number of ether oxygens (including phenoxy) is 1. The lowest BCUT2D eigenvalue weighted by Gasteiger charge is -2.19. The minimum Gasteiger partial charge on any atom is -0.366 e. The van der Waals surface area contributed by atoms with Crippen molar-refractivity contribution >= 4 is 23.7 Å². The minimum absolute atomic E-state index is 0. The summed E-state index contributed by atoms with van der Waals surface area (Å²) in [6.45, 7) is 2.29. The number of morpholine rings is 1. The number of nitrogens with zero attached hydrogens (tertiary/aromatic N) is 2. The molecule has 5 nitrogen and oxygen atoms in total. The summed E-state index contributed by atoms with van der Waals surface area (Å²) in [7, 11) is 0. The standard InChI is InChI=1S/C10H11N3O2S.ClH/c1-4-16-6-7(1)9-12-10(15-13-9)8-5-11-2-3-14-8;/h1,4,6,8,11H,2-3,5H2;1H. The normalized spacial score (nSPS) is 19.9. The van der Waals surface area contributed by atoms with Crippen molar-refractivity contribution in [2.45, 2.75) is 6.10 Å². The molecule has 7 heteroatoms. The summed E-state index contributed by atoms with van der Waals surface area (Å²) in [5, 5.41) is 11.2. The summed E-state index contributed by atoms with van der Waals surface area (Å²) >= 11 is 1.61. The van der Waals surface area contributed by atoms with Crippen molar-refractivity contribution in [3.05, 3.63) is 22.7 Å². The highest BCUT2D eigenvalue weighted by Gasteiger charge is 2.22. The van der Waals surface area contributed by atoms with Gasteiger partial charge in [-0.15, -0.1) is 12.4 Å². The molecule has 1 aliphatic heterocycles. The first-order valence-corrected chi connectivity index (χ1v) is 6.06. The first kappa shape index (κ1) is 12.5. The molecular formula is C10H12ClN3O2S. The van der Waals surface area contributed by atoms with Gasteiger partial charge in [0.05, 0.1) is 6.61 Å². The van der Waals surface area contributed by atoms with Gasteiger partial charge in [0.2, 0.25) is 5.82 Å². The van der Waals surface area contributed by atoms with E-state index in [1.807, 2.05) is 16.8 Å². The highest BCUT2D eigenvalue weighted by molar-refractivity contribution is 7.08. The monoisotopic (exact) mass is 273 g/mol. The second-order valence-electron chi connectivity index (χ2n) is 3.53. The summed E-state index contributed by atoms with van der Waals surface area (Å²) in [4.78, 5) is 4.34. The molecule has 1 fully saturated rings. The van der Waals surface area contributed by atoms with Crippen LogP contribution in [0.3, 0.4) is 0 Å². The highest BCUT2D eigenvalue weighted by atomic mass is 35.5. The molecule has 1 saturated heterocycles. The number of aromatic nitrogens is 2. The molecule has 3 heterocycles. The Hall–Kier alpha value is -0.950. The lowest BCUT2D eigenvalue weighted by molar-refractivity contribution is 0.00755. The maximum absolute atomic E-state index is 5.54. The van der Waals surface area contributed by atoms with Crippen LogP contribution in [0.25, 0.3) is 11.4 Å². The van der Waals surface area contributed by atoms with Crippen molar-refractivity contribution in [2.24, 2.45) is 0 Å². The van der Waals surface area contributed by atoms with Gasteiger partial charge in [0, 0.05) is 24.0 Å². The fourth-order valence-corrected chi connectivity index (χ4v) is 2.23. The number of thiophene rings is 1. The van der Waals surface area contributed by atoms with E-state index in [-0.39, 0.29) is 18.5 Å². The van der Waals surface area contributed by atoms with Gasteiger partial charge in [-0.3, -0.25) is 0 Å². The van der Waals surface area contributed by atoms with Crippen LogP contribution in [0.1, 0.15) is 12.0 Å². The van der Waals surface area contributed by atoms with E-state index in [0.717, 1.165) is 18.7 Å². The van der Waals surface area contributed by atoms with E-state index in [9.17, 15) is 0 Å². The van der Waals surface area contributed by atoms with Crippen molar-refractivity contribution in [3.63, 3.8) is 0 Å². The van der Waals surface area contributed by atoms with Crippen LogP contribution in [0.4, 0.5) is 0 Å². The van der Waals surface area contributed by atoms with Gasteiger partial charge < -0.3 is 14.6 Å². The average molecular weight is 274 g/mol. The summed E-state index contributed by atoms with van der Waals surface area (Å²) in [6, 6.07) is 1.97. The molecule has 1 atom stereocenters. The van der Waals surface area contributed by atoms with Crippen molar-refractivity contribution in [1.29, 1.82) is 0 Å². The molecule has 2 aromatic rings. The summed E-state index contributed by atoms with van der Waals surface area (Å²) in [5.74, 6) is 1.18. The summed E-state index contributed by atoms with van der Waals surface area (Å²) in [5.41, 5.74) is 0.990. The molecule has 0 bridgehead atoms. The fourth-order valence-electron chi connectivity index (χ4n) is 1.60. The van der Waals surface area contributed by atoms with E-state index in [4.69, 9.17) is 9.26 Å². The number of hydrogen-bond donors (Lipinski definition) is 1. The summed E-state index contributed by atoms with van der Waals surface area (Å²) < 4.78 is 10.7. The Kier molecular flexibility index (Phi) is 4.11. The molecule has 0 radical (unpaired) electrons. The topological polar surface area (TPSA) is 60.2 Å². The Labute approximate surface area is 109 Å². The average Bonchev–Trinajstić information content (AvgIpc) is 3.01. The van der Waals surface area contributed by atoms with Crippen LogP contribution >= 0.6 is 23.7 Å². The predicted octanol–water partition coefficient (Wildman–Crippen LogP) is 1.88. The van der Waals surface area contributed by atoms with Gasteiger partial charge >= 0.3 is 0 Å². The van der Waals surface area contributed by atoms with Gasteiger partial charge in [-0.25, -0.2) is 0 Å². The van der Waals surface area contributed by atoms with E-state index < -0.39 is 0 Å². The van der Waals surface area contributed by atoms with Gasteiger partial charge in [0.25, 0.3) is 5.89 Å². The lowest BCUT2D eigenvalue weighted by atomic mass is 10.3. The molecule has 1 unspecified atom stereocenters. The predicted molar refractivity (Wildman–Crippen MR) is 66.4 cm³/mol. The van der Waals surface area contributed by atoms with Crippen LogP contribution in [0.15, 0.2) is 21.3 Å². The van der Waals surface area contributed by atoms with Crippen molar-refractivity contribution in [3.8, 4) is 11.4 Å². The maximum Gasteiger partial charge on any atom is 0.257 e. The molecule has 1 aliphatic rings. The minimum atomic E-state index is -0.117. The molecule has 2 aromatic heterocycles. The SMILES string of the molecule is Cl.c1cc(-c2noc(C3CNCCO3)n2)cs1. The van der Waals surface area contributed by atoms with Crippen LogP contribution in [-0.4, -0.2) is 29.8 Å². The zero-order valence-electron chi connectivity index (χ0n) is 8.96. The van der Waals surface area contributed by atoms with E-state index in [0.29, 0.717) is 18.3 Å². The van der Waals surface area contributed by atoms with E-state index in [2.05, 4.69) is 15.5 Å². The zero-order chi connectivity index (χ0) is 10.8. The lowest BCUT2D eigenvalue weighted by Crippen LogP contribution is -2.33. The molecule has 1 N–H and O–H groups in total. The Morgan fingerprint density at radius 3 is 3.12 bits per heavy atom. The van der Waals surface area contributed by atoms with E-state index in [1.54, 1.807) is 11.3 Å². The van der Waals surface area contributed by atoms with E-state index in [1.165, 1.54) is 0 Å². The molecule has 3 rings (SSSR count). The van der Waals surface area contributed by atoms with Gasteiger partial charge in [-0.05, 0) is 11.4 Å². The molecule has 0 amide bonds. The Balaban J connectivity index is 0.00000108. The molecule has 0 spiro atoms. The molecule has 17 heavy (non-hydrogen) atoms. The van der Waals surface area contributed by atoms with Crippen molar-refractivity contribution in [1.82, 2.24) is 15.5 Å². The van der Waals surface area contributed by atoms with E-state index >= 15 is 0 Å². The third kappa shape index (κ3) is 2.66. The molecule has 0 aromatic carbocycles. The van der Waals surface area contributed by atoms with Crippen LogP contribution in [0.2, 0.25) is 0 Å². The van der Waals surface area contributed by atoms with Crippen LogP contribution in [-0.2, 0) is 4.74 Å². The van der Waals surface area contributed by atoms with Gasteiger partial charge in [-0.2, -0.15) is 16.3 Å². The third-order valence-corrected chi connectivity index (χ3v) is 3.11. The largest absolute Gasteiger partial charge is 0.366 e. The molecule has 0 aliphatic carbocycles. The van der Waals surface area contributed by atoms with Crippen LogP contribution in [0.5, 0.6) is 0 Å². The Morgan fingerprint density at radius 2 is 2.41 bits per heavy atom. The molecule has 92 valence electrons. The second-order valence-corrected chi connectivity index (χ2v) is 4.31. The highest BCUT2D eigenvalue weighted by Crippen LogP contribution is 2.22. The number of halogens is 1. The molecular weight excluding hydrogens is 262 g/mol. The first-order chi connectivity index (χ1) is 7.93. The van der Waals surface area contributed by atoms with Crippen LogP contribution < -0.4 is 5.32 Å². The van der Waals surface area contributed by atoms with Gasteiger partial charge in [0.1, 0.15) is 6.10 Å². The van der Waals surface area contributed by atoms with Gasteiger partial charge in [0.15, 0.2) is 0 Å². The summed E-state index contributed by atoms with van der Waals surface area (Å²) in [6.07, 6.45) is -0.117. The van der Waals surface area contributed by atoms with Crippen molar-refractivity contribution < 1.29 is 9.26 Å². The Bertz CT molecular complexity index is 454. The smallest absolute Gasteiger partial charge is 0.257 e. The third-order valence-electron chi connectivity index (χ3n) is 2.42. The van der Waals surface area contributed by atoms with Crippen molar-refractivity contribution in [2.75, 3.05) is 19.7 Å². The number of rotatable bonds is 2. The quantitative estimate of drug-likeness (QED) is 0.905. The van der Waals surface area contributed by atoms with Gasteiger partial charge in [-0.1, -0.05) is 5.16 Å². The second kappa shape index (κ2) is 5.59. The maximum atomic E-state index is 5.54. The van der Waals surface area contributed by atoms with Crippen LogP contribution in [0, 0.1) is 0 Å². The first-order valence-electron chi connectivity index (χ1n) is 5.12.